The van der Waals surface area contributed by atoms with Crippen molar-refractivity contribution in [3.63, 3.8) is 0 Å². The van der Waals surface area contributed by atoms with Crippen molar-refractivity contribution in [2.75, 3.05) is 78.6 Å². The highest BCUT2D eigenvalue weighted by atomic mass is 19.4. The number of aromatic nitrogens is 2. The van der Waals surface area contributed by atoms with E-state index in [1.54, 1.807) is 17.0 Å². The first-order chi connectivity index (χ1) is 25.4. The summed E-state index contributed by atoms with van der Waals surface area (Å²) in [4.78, 5) is 54.9. The Morgan fingerprint density at radius 1 is 0.868 bits per heavy atom. The van der Waals surface area contributed by atoms with E-state index in [0.29, 0.717) is 37.2 Å². The number of nitrogens with one attached hydrogen (secondary N) is 3. The third-order valence-electron chi connectivity index (χ3n) is 9.10. The number of anilines is 6. The fraction of sp³-hybridized carbons (Fsp3) is 0.324. The number of halogens is 4. The van der Waals surface area contributed by atoms with Gasteiger partial charge in [-0.1, -0.05) is 0 Å². The van der Waals surface area contributed by atoms with Gasteiger partial charge in [0.1, 0.15) is 23.8 Å². The van der Waals surface area contributed by atoms with Gasteiger partial charge in [-0.05, 0) is 86.6 Å². The van der Waals surface area contributed by atoms with Gasteiger partial charge in [0.2, 0.25) is 5.91 Å². The van der Waals surface area contributed by atoms with Crippen molar-refractivity contribution in [1.29, 1.82) is 0 Å². The lowest BCUT2D eigenvalue weighted by Crippen LogP contribution is -2.44. The van der Waals surface area contributed by atoms with Gasteiger partial charge in [0, 0.05) is 80.9 Å². The number of benzene rings is 3. The molecular formula is C37H39F4N9O3. The lowest BCUT2D eigenvalue weighted by atomic mass is 10.1. The van der Waals surface area contributed by atoms with Gasteiger partial charge < -0.3 is 30.7 Å². The maximum Gasteiger partial charge on any atom is 0.416 e. The van der Waals surface area contributed by atoms with E-state index in [-0.39, 0.29) is 35.5 Å². The van der Waals surface area contributed by atoms with E-state index in [9.17, 15) is 27.6 Å². The molecule has 4 aromatic rings. The Labute approximate surface area is 303 Å². The van der Waals surface area contributed by atoms with Crippen molar-refractivity contribution in [3.05, 3.63) is 96.1 Å². The van der Waals surface area contributed by atoms with Crippen LogP contribution in [0.2, 0.25) is 0 Å². The monoisotopic (exact) mass is 733 g/mol. The van der Waals surface area contributed by atoms with E-state index in [4.69, 9.17) is 0 Å². The molecule has 3 heterocycles. The van der Waals surface area contributed by atoms with Gasteiger partial charge in [-0.15, -0.1) is 0 Å². The van der Waals surface area contributed by atoms with Crippen molar-refractivity contribution in [3.8, 4) is 0 Å². The maximum absolute atomic E-state index is 15.1. The number of carbonyl (C=O) groups excluding carboxylic acids is 3. The summed E-state index contributed by atoms with van der Waals surface area (Å²) in [5.74, 6) is -0.828. The van der Waals surface area contributed by atoms with E-state index in [1.807, 2.05) is 12.1 Å². The maximum atomic E-state index is 15.1. The molecular weight excluding hydrogens is 694 g/mol. The molecule has 4 amide bonds. The van der Waals surface area contributed by atoms with Crippen LogP contribution in [-0.2, 0) is 11.0 Å². The summed E-state index contributed by atoms with van der Waals surface area (Å²) in [6.45, 7) is 4.76. The summed E-state index contributed by atoms with van der Waals surface area (Å²) in [7, 11) is 2.08. The van der Waals surface area contributed by atoms with Crippen LogP contribution in [0.4, 0.5) is 56.7 Å². The predicted octanol–water partition coefficient (Wildman–Crippen LogP) is 6.43. The third-order valence-corrected chi connectivity index (χ3v) is 9.10. The Morgan fingerprint density at radius 2 is 1.58 bits per heavy atom. The van der Waals surface area contributed by atoms with E-state index in [1.165, 1.54) is 41.6 Å². The molecule has 2 saturated heterocycles. The number of hydrogen-bond acceptors (Lipinski definition) is 8. The smallest absolute Gasteiger partial charge is 0.369 e. The molecule has 0 saturated carbocycles. The Bertz CT molecular complexity index is 1920. The number of amides is 4. The molecule has 2 aliphatic heterocycles. The van der Waals surface area contributed by atoms with Crippen molar-refractivity contribution in [2.45, 2.75) is 25.4 Å². The number of likely N-dealkylation sites (tertiary alicyclic amines) is 1. The first-order valence-corrected chi connectivity index (χ1v) is 17.2. The van der Waals surface area contributed by atoms with E-state index in [0.717, 1.165) is 56.5 Å². The van der Waals surface area contributed by atoms with Crippen molar-refractivity contribution in [2.24, 2.45) is 0 Å². The summed E-state index contributed by atoms with van der Waals surface area (Å²) >= 11 is 0. The Kier molecular flexibility index (Phi) is 11.4. The highest BCUT2D eigenvalue weighted by Gasteiger charge is 2.30. The number of nitrogens with zero attached hydrogens (tertiary/aromatic N) is 6. The summed E-state index contributed by atoms with van der Waals surface area (Å²) < 4.78 is 54.2. The summed E-state index contributed by atoms with van der Waals surface area (Å²) in [5.41, 5.74) is 0.985. The van der Waals surface area contributed by atoms with Gasteiger partial charge in [0.25, 0.3) is 5.91 Å². The molecule has 6 rings (SSSR count). The van der Waals surface area contributed by atoms with E-state index < -0.39 is 29.5 Å². The van der Waals surface area contributed by atoms with Crippen molar-refractivity contribution >= 4 is 52.2 Å². The molecule has 3 N–H and O–H groups in total. The molecule has 0 radical (unpaired) electrons. The van der Waals surface area contributed by atoms with Gasteiger partial charge >= 0.3 is 12.2 Å². The van der Waals surface area contributed by atoms with Crippen LogP contribution >= 0.6 is 0 Å². The van der Waals surface area contributed by atoms with Gasteiger partial charge in [-0.2, -0.15) is 13.2 Å². The van der Waals surface area contributed by atoms with Crippen LogP contribution < -0.4 is 25.8 Å². The number of likely N-dealkylation sites (N-methyl/N-ethyl adjacent to an activating group) is 1. The predicted molar refractivity (Wildman–Crippen MR) is 194 cm³/mol. The number of rotatable bonds is 11. The molecule has 2 fully saturated rings. The van der Waals surface area contributed by atoms with Crippen LogP contribution in [0.1, 0.15) is 35.2 Å². The van der Waals surface area contributed by atoms with Crippen LogP contribution in [0.15, 0.2) is 79.1 Å². The number of carbonyl (C=O) groups is 3. The fourth-order valence-electron chi connectivity index (χ4n) is 6.11. The largest absolute Gasteiger partial charge is 0.416 e. The molecule has 0 spiro atoms. The van der Waals surface area contributed by atoms with E-state index >= 15 is 4.39 Å². The zero-order valence-electron chi connectivity index (χ0n) is 29.0. The molecule has 0 unspecified atom stereocenters. The molecule has 3 aromatic carbocycles. The third kappa shape index (κ3) is 9.57. The molecule has 0 bridgehead atoms. The average molecular weight is 734 g/mol. The molecule has 278 valence electrons. The normalized spacial score (nSPS) is 15.0. The second-order valence-electron chi connectivity index (χ2n) is 12.9. The average Bonchev–Trinajstić information content (AvgIpc) is 3.55. The summed E-state index contributed by atoms with van der Waals surface area (Å²) in [5, 5.41) is 8.24. The molecule has 12 nitrogen and oxygen atoms in total. The fourth-order valence-corrected chi connectivity index (χ4v) is 6.11. The number of hydrogen-bond donors (Lipinski definition) is 3. The van der Waals surface area contributed by atoms with Gasteiger partial charge in [-0.25, -0.2) is 19.2 Å². The van der Waals surface area contributed by atoms with Gasteiger partial charge in [0.15, 0.2) is 0 Å². The zero-order valence-corrected chi connectivity index (χ0v) is 29.0. The zero-order chi connectivity index (χ0) is 37.5. The minimum Gasteiger partial charge on any atom is -0.369 e. The SMILES string of the molecule is CN1CCN(c2ccc(C(=O)Nc3ccc(F)c(NC(=O)N(CCCN4CCCC4=O)c4cc(Nc5ccc(C(F)(F)F)cc5)ncn4)c3)cc2)CC1. The van der Waals surface area contributed by atoms with Crippen molar-refractivity contribution in [1.82, 2.24) is 19.8 Å². The van der Waals surface area contributed by atoms with Crippen molar-refractivity contribution < 1.29 is 31.9 Å². The first kappa shape index (κ1) is 37.0. The molecule has 0 atom stereocenters. The second-order valence-corrected chi connectivity index (χ2v) is 12.9. The molecule has 2 aliphatic rings. The molecule has 1 aromatic heterocycles. The van der Waals surface area contributed by atoms with Crippen LogP contribution in [0.25, 0.3) is 0 Å². The first-order valence-electron chi connectivity index (χ1n) is 17.2. The Morgan fingerprint density at radius 3 is 2.26 bits per heavy atom. The van der Waals surface area contributed by atoms with Crippen LogP contribution in [-0.4, -0.2) is 90.5 Å². The summed E-state index contributed by atoms with van der Waals surface area (Å²) in [6.07, 6.45) is -1.72. The molecule has 53 heavy (non-hydrogen) atoms. The Hall–Kier alpha value is -5.77. The molecule has 0 aliphatic carbocycles. The quantitative estimate of drug-likeness (QED) is 0.151. The Balaban J connectivity index is 1.15. The number of urea groups is 1. The van der Waals surface area contributed by atoms with Crippen LogP contribution in [0, 0.1) is 5.82 Å². The van der Waals surface area contributed by atoms with Crippen LogP contribution in [0.5, 0.6) is 0 Å². The lowest BCUT2D eigenvalue weighted by Gasteiger charge is -2.34. The second kappa shape index (κ2) is 16.3. The number of alkyl halides is 3. The highest BCUT2D eigenvalue weighted by Crippen LogP contribution is 2.31. The number of piperazine rings is 1. The lowest BCUT2D eigenvalue weighted by molar-refractivity contribution is -0.137. The van der Waals surface area contributed by atoms with Crippen LogP contribution in [0.3, 0.4) is 0 Å². The standard InChI is InChI=1S/C37H39F4N9O3/c1-47-18-20-48(21-19-47)29-12-5-25(6-13-29)35(52)45-28-11-14-30(38)31(22-28)46-36(53)50(17-3-16-49-15-2-4-34(49)51)33-23-32(42-24-43-33)44-27-9-7-26(8-10-27)37(39,40)41/h5-14,22-24H,2-4,15-21H2,1H3,(H,45,52)(H,46,53)(H,42,43,44). The minimum absolute atomic E-state index is 0.0259. The van der Waals surface area contributed by atoms with E-state index in [2.05, 4.69) is 42.8 Å². The summed E-state index contributed by atoms with van der Waals surface area (Å²) in [6, 6.07) is 16.1. The molecule has 16 heteroatoms. The van der Waals surface area contributed by atoms with Gasteiger partial charge in [0.05, 0.1) is 11.3 Å². The topological polar surface area (TPSA) is 126 Å². The van der Waals surface area contributed by atoms with Gasteiger partial charge in [-0.3, -0.25) is 14.5 Å². The highest BCUT2D eigenvalue weighted by molar-refractivity contribution is 6.05. The minimum atomic E-state index is -4.49.